The molecule has 0 aromatic heterocycles. The van der Waals surface area contributed by atoms with Crippen LogP contribution in [0.25, 0.3) is 0 Å². The SMILES string of the molecule is Cc1ccc(C(C)N(C)C(=O)CC(C)C2CCCNC2)cc1. The fourth-order valence-electron chi connectivity index (χ4n) is 3.24. The number of nitrogens with one attached hydrogen (secondary N) is 1. The predicted octanol–water partition coefficient (Wildman–Crippen LogP) is 3.54. The first-order valence-corrected chi connectivity index (χ1v) is 8.52. The zero-order valence-electron chi connectivity index (χ0n) is 14.4. The standard InChI is InChI=1S/C19H30N2O/c1-14-7-9-17(10-8-14)16(3)21(4)19(22)12-15(2)18-6-5-11-20-13-18/h7-10,15-16,18,20H,5-6,11-13H2,1-4H3. The molecule has 3 unspecified atom stereocenters. The molecule has 122 valence electrons. The smallest absolute Gasteiger partial charge is 0.223 e. The first kappa shape index (κ1) is 17.0. The Bertz CT molecular complexity index is 477. The quantitative estimate of drug-likeness (QED) is 0.902. The molecule has 1 amide bonds. The van der Waals surface area contributed by atoms with Crippen LogP contribution in [0.2, 0.25) is 0 Å². The molecule has 1 aliphatic heterocycles. The average molecular weight is 302 g/mol. The first-order chi connectivity index (χ1) is 10.5. The summed E-state index contributed by atoms with van der Waals surface area (Å²) in [6, 6.07) is 8.60. The summed E-state index contributed by atoms with van der Waals surface area (Å²) in [4.78, 5) is 14.5. The summed E-state index contributed by atoms with van der Waals surface area (Å²) < 4.78 is 0. The van der Waals surface area contributed by atoms with Crippen LogP contribution in [0.15, 0.2) is 24.3 Å². The van der Waals surface area contributed by atoms with Crippen LogP contribution in [0.4, 0.5) is 0 Å². The molecule has 3 atom stereocenters. The van der Waals surface area contributed by atoms with Crippen LogP contribution in [0.3, 0.4) is 0 Å². The Balaban J connectivity index is 1.91. The zero-order valence-corrected chi connectivity index (χ0v) is 14.4. The lowest BCUT2D eigenvalue weighted by atomic mass is 9.85. The summed E-state index contributed by atoms with van der Waals surface area (Å²) in [6.45, 7) is 8.60. The van der Waals surface area contributed by atoms with Crippen molar-refractivity contribution < 1.29 is 4.79 Å². The van der Waals surface area contributed by atoms with E-state index >= 15 is 0 Å². The summed E-state index contributed by atoms with van der Waals surface area (Å²) in [5, 5.41) is 3.45. The number of aryl methyl sites for hydroxylation is 1. The minimum Gasteiger partial charge on any atom is -0.339 e. The molecule has 0 saturated carbocycles. The van der Waals surface area contributed by atoms with E-state index < -0.39 is 0 Å². The van der Waals surface area contributed by atoms with Gasteiger partial charge in [0.1, 0.15) is 0 Å². The van der Waals surface area contributed by atoms with Crippen molar-refractivity contribution in [3.05, 3.63) is 35.4 Å². The lowest BCUT2D eigenvalue weighted by Gasteiger charge is -2.31. The predicted molar refractivity (Wildman–Crippen MR) is 91.7 cm³/mol. The first-order valence-electron chi connectivity index (χ1n) is 8.52. The van der Waals surface area contributed by atoms with E-state index in [0.29, 0.717) is 18.3 Å². The Morgan fingerprint density at radius 1 is 1.32 bits per heavy atom. The van der Waals surface area contributed by atoms with Crippen molar-refractivity contribution in [2.75, 3.05) is 20.1 Å². The van der Waals surface area contributed by atoms with Crippen molar-refractivity contribution in [3.63, 3.8) is 0 Å². The van der Waals surface area contributed by atoms with Gasteiger partial charge in [-0.3, -0.25) is 4.79 Å². The fourth-order valence-corrected chi connectivity index (χ4v) is 3.24. The number of hydrogen-bond donors (Lipinski definition) is 1. The Hall–Kier alpha value is -1.35. The van der Waals surface area contributed by atoms with Crippen LogP contribution < -0.4 is 5.32 Å². The van der Waals surface area contributed by atoms with Gasteiger partial charge >= 0.3 is 0 Å². The molecule has 1 aliphatic rings. The number of benzene rings is 1. The van der Waals surface area contributed by atoms with Crippen LogP contribution in [-0.2, 0) is 4.79 Å². The van der Waals surface area contributed by atoms with Gasteiger partial charge in [-0.15, -0.1) is 0 Å². The molecule has 1 fully saturated rings. The number of rotatable bonds is 5. The monoisotopic (exact) mass is 302 g/mol. The zero-order chi connectivity index (χ0) is 16.1. The number of piperidine rings is 1. The van der Waals surface area contributed by atoms with Gasteiger partial charge in [0.05, 0.1) is 6.04 Å². The highest BCUT2D eigenvalue weighted by Crippen LogP contribution is 2.25. The number of nitrogens with zero attached hydrogens (tertiary/aromatic N) is 1. The van der Waals surface area contributed by atoms with Crippen LogP contribution in [-0.4, -0.2) is 30.9 Å². The normalized spacial score (nSPS) is 21.2. The summed E-state index contributed by atoms with van der Waals surface area (Å²) in [7, 11) is 1.93. The van der Waals surface area contributed by atoms with Gasteiger partial charge in [0.15, 0.2) is 0 Å². The largest absolute Gasteiger partial charge is 0.339 e. The summed E-state index contributed by atoms with van der Waals surface area (Å²) in [5.41, 5.74) is 2.46. The van der Waals surface area contributed by atoms with Gasteiger partial charge in [-0.25, -0.2) is 0 Å². The third-order valence-corrected chi connectivity index (χ3v) is 5.17. The molecule has 1 N–H and O–H groups in total. The summed E-state index contributed by atoms with van der Waals surface area (Å²) in [5.74, 6) is 1.35. The van der Waals surface area contributed by atoms with E-state index in [1.165, 1.54) is 24.0 Å². The number of hydrogen-bond acceptors (Lipinski definition) is 2. The van der Waals surface area contributed by atoms with Crippen molar-refractivity contribution in [3.8, 4) is 0 Å². The topological polar surface area (TPSA) is 32.3 Å². The fraction of sp³-hybridized carbons (Fsp3) is 0.632. The van der Waals surface area contributed by atoms with E-state index in [9.17, 15) is 4.79 Å². The molecule has 1 aromatic rings. The highest BCUT2D eigenvalue weighted by Gasteiger charge is 2.25. The molecule has 0 spiro atoms. The van der Waals surface area contributed by atoms with Crippen LogP contribution >= 0.6 is 0 Å². The maximum absolute atomic E-state index is 12.6. The molecule has 2 rings (SSSR count). The Morgan fingerprint density at radius 2 is 2.00 bits per heavy atom. The van der Waals surface area contributed by atoms with E-state index in [1.54, 1.807) is 0 Å². The molecule has 3 nitrogen and oxygen atoms in total. The molecule has 0 bridgehead atoms. The maximum atomic E-state index is 12.6. The lowest BCUT2D eigenvalue weighted by molar-refractivity contribution is -0.133. The highest BCUT2D eigenvalue weighted by atomic mass is 16.2. The summed E-state index contributed by atoms with van der Waals surface area (Å²) in [6.07, 6.45) is 3.14. The molecular formula is C19H30N2O. The van der Waals surface area contributed by atoms with Crippen LogP contribution in [0.1, 0.15) is 50.3 Å². The molecule has 0 radical (unpaired) electrons. The molecule has 0 aliphatic carbocycles. The number of amides is 1. The Labute approximate surface area is 135 Å². The second-order valence-corrected chi connectivity index (χ2v) is 6.88. The maximum Gasteiger partial charge on any atom is 0.223 e. The van der Waals surface area contributed by atoms with Gasteiger partial charge < -0.3 is 10.2 Å². The minimum atomic E-state index is 0.129. The van der Waals surface area contributed by atoms with Crippen molar-refractivity contribution in [2.24, 2.45) is 11.8 Å². The molecule has 22 heavy (non-hydrogen) atoms. The third kappa shape index (κ3) is 4.33. The molecule has 1 heterocycles. The second-order valence-electron chi connectivity index (χ2n) is 6.88. The molecular weight excluding hydrogens is 272 g/mol. The van der Waals surface area contributed by atoms with E-state index in [1.807, 2.05) is 11.9 Å². The lowest BCUT2D eigenvalue weighted by Crippen LogP contribution is -2.36. The minimum absolute atomic E-state index is 0.129. The average Bonchev–Trinajstić information content (AvgIpc) is 2.55. The van der Waals surface area contributed by atoms with E-state index in [-0.39, 0.29) is 11.9 Å². The van der Waals surface area contributed by atoms with E-state index in [0.717, 1.165) is 13.1 Å². The Kier molecular flexibility index (Phi) is 6.01. The van der Waals surface area contributed by atoms with Crippen LogP contribution in [0, 0.1) is 18.8 Å². The number of carbonyl (C=O) groups is 1. The van der Waals surface area contributed by atoms with Gasteiger partial charge in [-0.1, -0.05) is 36.8 Å². The van der Waals surface area contributed by atoms with Gasteiger partial charge in [0.2, 0.25) is 5.91 Å². The van der Waals surface area contributed by atoms with E-state index in [2.05, 4.69) is 50.4 Å². The van der Waals surface area contributed by atoms with Crippen molar-refractivity contribution >= 4 is 5.91 Å². The highest BCUT2D eigenvalue weighted by molar-refractivity contribution is 5.76. The molecule has 1 saturated heterocycles. The van der Waals surface area contributed by atoms with Gasteiger partial charge in [-0.2, -0.15) is 0 Å². The third-order valence-electron chi connectivity index (χ3n) is 5.17. The van der Waals surface area contributed by atoms with Crippen LogP contribution in [0.5, 0.6) is 0 Å². The van der Waals surface area contributed by atoms with Crippen molar-refractivity contribution in [1.29, 1.82) is 0 Å². The molecule has 3 heteroatoms. The Morgan fingerprint density at radius 3 is 2.59 bits per heavy atom. The van der Waals surface area contributed by atoms with Gasteiger partial charge in [0, 0.05) is 13.5 Å². The van der Waals surface area contributed by atoms with E-state index in [4.69, 9.17) is 0 Å². The summed E-state index contributed by atoms with van der Waals surface area (Å²) >= 11 is 0. The van der Waals surface area contributed by atoms with Crippen molar-refractivity contribution in [1.82, 2.24) is 10.2 Å². The van der Waals surface area contributed by atoms with Gasteiger partial charge in [-0.05, 0) is 57.2 Å². The second kappa shape index (κ2) is 7.77. The molecule has 1 aromatic carbocycles. The van der Waals surface area contributed by atoms with Gasteiger partial charge in [0.25, 0.3) is 0 Å². The van der Waals surface area contributed by atoms with Crippen molar-refractivity contribution in [2.45, 2.75) is 46.1 Å². The number of carbonyl (C=O) groups excluding carboxylic acids is 1.